The first-order valence-electron chi connectivity index (χ1n) is 5.19. The predicted molar refractivity (Wildman–Crippen MR) is 62.8 cm³/mol. The molecule has 0 saturated carbocycles. The molecule has 78 valence electrons. The molecule has 1 N–H and O–H groups in total. The Balaban J connectivity index is 2.79. The molecule has 1 aromatic rings. The summed E-state index contributed by atoms with van der Waals surface area (Å²) in [5.74, 6) is 0. The van der Waals surface area contributed by atoms with Crippen LogP contribution in [0.15, 0.2) is 18.2 Å². The van der Waals surface area contributed by atoms with E-state index in [0.717, 1.165) is 18.0 Å². The van der Waals surface area contributed by atoms with Gasteiger partial charge in [-0.1, -0.05) is 31.0 Å². The van der Waals surface area contributed by atoms with Crippen LogP contribution >= 0.6 is 11.6 Å². The van der Waals surface area contributed by atoms with Crippen LogP contribution in [0.5, 0.6) is 0 Å². The van der Waals surface area contributed by atoms with E-state index in [1.165, 1.54) is 24.0 Å². The molecule has 0 saturated heterocycles. The first kappa shape index (κ1) is 11.5. The number of nitrogens with one attached hydrogen (secondary N) is 1. The topological polar surface area (TPSA) is 12.0 Å². The quantitative estimate of drug-likeness (QED) is 0.787. The zero-order valence-electron chi connectivity index (χ0n) is 8.94. The Labute approximate surface area is 91.5 Å². The van der Waals surface area contributed by atoms with Crippen molar-refractivity contribution in [2.45, 2.75) is 32.7 Å². The smallest absolute Gasteiger partial charge is 0.0408 e. The summed E-state index contributed by atoms with van der Waals surface area (Å²) in [5.41, 5.74) is 2.75. The van der Waals surface area contributed by atoms with Gasteiger partial charge in [0.1, 0.15) is 0 Å². The van der Waals surface area contributed by atoms with Gasteiger partial charge in [-0.3, -0.25) is 0 Å². The average molecular weight is 212 g/mol. The lowest BCUT2D eigenvalue weighted by molar-refractivity contribution is 0.762. The third-order valence-corrected chi connectivity index (χ3v) is 2.57. The second-order valence-electron chi connectivity index (χ2n) is 3.55. The first-order chi connectivity index (χ1) is 6.77. The van der Waals surface area contributed by atoms with Gasteiger partial charge in [-0.2, -0.15) is 0 Å². The summed E-state index contributed by atoms with van der Waals surface area (Å²) in [4.78, 5) is 0. The van der Waals surface area contributed by atoms with Crippen LogP contribution in [0.1, 0.15) is 30.9 Å². The van der Waals surface area contributed by atoms with Crippen molar-refractivity contribution in [3.05, 3.63) is 34.3 Å². The van der Waals surface area contributed by atoms with Crippen molar-refractivity contribution in [2.75, 3.05) is 7.05 Å². The summed E-state index contributed by atoms with van der Waals surface area (Å²) >= 11 is 5.98. The number of aryl methyl sites for hydroxylation is 1. The van der Waals surface area contributed by atoms with Crippen LogP contribution < -0.4 is 5.32 Å². The molecule has 1 rings (SSSR count). The van der Waals surface area contributed by atoms with Crippen molar-refractivity contribution in [1.82, 2.24) is 5.32 Å². The molecule has 14 heavy (non-hydrogen) atoms. The highest BCUT2D eigenvalue weighted by atomic mass is 35.5. The molecule has 0 unspecified atom stereocenters. The second kappa shape index (κ2) is 6.05. The van der Waals surface area contributed by atoms with Gasteiger partial charge in [-0.25, -0.2) is 0 Å². The lowest BCUT2D eigenvalue weighted by Crippen LogP contribution is -2.07. The lowest BCUT2D eigenvalue weighted by Gasteiger charge is -2.09. The molecule has 1 aromatic carbocycles. The van der Waals surface area contributed by atoms with Crippen LogP contribution in [0.25, 0.3) is 0 Å². The van der Waals surface area contributed by atoms with Gasteiger partial charge in [0.2, 0.25) is 0 Å². The van der Waals surface area contributed by atoms with Gasteiger partial charge in [0, 0.05) is 11.6 Å². The number of halogens is 1. The molecule has 0 spiro atoms. The van der Waals surface area contributed by atoms with E-state index in [2.05, 4.69) is 24.4 Å². The van der Waals surface area contributed by atoms with E-state index in [0.29, 0.717) is 0 Å². The molecule has 0 atom stereocenters. The van der Waals surface area contributed by atoms with Crippen LogP contribution in [0.2, 0.25) is 5.02 Å². The fraction of sp³-hybridized carbons (Fsp3) is 0.500. The largest absolute Gasteiger partial charge is 0.316 e. The summed E-state index contributed by atoms with van der Waals surface area (Å²) in [6.07, 6.45) is 3.59. The Kier molecular flexibility index (Phi) is 4.99. The number of benzene rings is 1. The van der Waals surface area contributed by atoms with E-state index in [4.69, 9.17) is 11.6 Å². The summed E-state index contributed by atoms with van der Waals surface area (Å²) in [6, 6.07) is 6.16. The van der Waals surface area contributed by atoms with Gasteiger partial charge in [0.25, 0.3) is 0 Å². The maximum absolute atomic E-state index is 5.98. The molecule has 1 nitrogen and oxygen atoms in total. The predicted octanol–water partition coefficient (Wildman–Crippen LogP) is 3.40. The monoisotopic (exact) mass is 211 g/mol. The molecule has 0 amide bonds. The fourth-order valence-corrected chi connectivity index (χ4v) is 1.75. The molecule has 0 bridgehead atoms. The SMILES string of the molecule is CCCCc1cc(Cl)ccc1CNC. The minimum atomic E-state index is 0.843. The van der Waals surface area contributed by atoms with Gasteiger partial charge in [0.15, 0.2) is 0 Å². The Morgan fingerprint density at radius 2 is 2.07 bits per heavy atom. The minimum Gasteiger partial charge on any atom is -0.316 e. The summed E-state index contributed by atoms with van der Waals surface area (Å²) in [6.45, 7) is 3.14. The number of unbranched alkanes of at least 4 members (excludes halogenated alkanes) is 1. The fourth-order valence-electron chi connectivity index (χ4n) is 1.56. The maximum atomic E-state index is 5.98. The van der Waals surface area contributed by atoms with E-state index in [9.17, 15) is 0 Å². The number of hydrogen-bond acceptors (Lipinski definition) is 1. The molecule has 0 aliphatic rings. The Bertz CT molecular complexity index is 284. The van der Waals surface area contributed by atoms with Crippen molar-refractivity contribution in [3.63, 3.8) is 0 Å². The van der Waals surface area contributed by atoms with Crippen molar-refractivity contribution in [3.8, 4) is 0 Å². The zero-order valence-corrected chi connectivity index (χ0v) is 9.69. The number of hydrogen-bond donors (Lipinski definition) is 1. The van der Waals surface area contributed by atoms with E-state index < -0.39 is 0 Å². The third kappa shape index (κ3) is 3.32. The molecule has 0 fully saturated rings. The average Bonchev–Trinajstić information content (AvgIpc) is 2.18. The van der Waals surface area contributed by atoms with Crippen LogP contribution in [-0.2, 0) is 13.0 Å². The van der Waals surface area contributed by atoms with E-state index in [1.54, 1.807) is 0 Å². The van der Waals surface area contributed by atoms with Crippen molar-refractivity contribution >= 4 is 11.6 Å². The molecular formula is C12H18ClN. The maximum Gasteiger partial charge on any atom is 0.0408 e. The molecule has 2 heteroatoms. The van der Waals surface area contributed by atoms with Crippen molar-refractivity contribution in [2.24, 2.45) is 0 Å². The molecular weight excluding hydrogens is 194 g/mol. The van der Waals surface area contributed by atoms with Crippen LogP contribution in [0, 0.1) is 0 Å². The summed E-state index contributed by atoms with van der Waals surface area (Å²) in [7, 11) is 1.97. The highest BCUT2D eigenvalue weighted by Crippen LogP contribution is 2.18. The molecule has 0 radical (unpaired) electrons. The van der Waals surface area contributed by atoms with Crippen molar-refractivity contribution < 1.29 is 0 Å². The second-order valence-corrected chi connectivity index (χ2v) is 3.98. The van der Waals surface area contributed by atoms with Gasteiger partial charge in [-0.05, 0) is 43.1 Å². The molecule has 0 heterocycles. The lowest BCUT2D eigenvalue weighted by atomic mass is 10.0. The molecule has 0 aromatic heterocycles. The normalized spacial score (nSPS) is 10.5. The highest BCUT2D eigenvalue weighted by Gasteiger charge is 2.01. The standard InChI is InChI=1S/C12H18ClN/c1-3-4-5-10-8-12(13)7-6-11(10)9-14-2/h6-8,14H,3-5,9H2,1-2H3. The van der Waals surface area contributed by atoms with Crippen LogP contribution in [0.3, 0.4) is 0 Å². The van der Waals surface area contributed by atoms with Crippen LogP contribution in [-0.4, -0.2) is 7.05 Å². The Hall–Kier alpha value is -0.530. The summed E-state index contributed by atoms with van der Waals surface area (Å²) in [5, 5.41) is 4.02. The van der Waals surface area contributed by atoms with E-state index >= 15 is 0 Å². The van der Waals surface area contributed by atoms with Gasteiger partial charge < -0.3 is 5.32 Å². The van der Waals surface area contributed by atoms with Gasteiger partial charge in [-0.15, -0.1) is 0 Å². The highest BCUT2D eigenvalue weighted by molar-refractivity contribution is 6.30. The van der Waals surface area contributed by atoms with E-state index in [-0.39, 0.29) is 0 Å². The van der Waals surface area contributed by atoms with E-state index in [1.807, 2.05) is 13.1 Å². The summed E-state index contributed by atoms with van der Waals surface area (Å²) < 4.78 is 0. The van der Waals surface area contributed by atoms with Crippen LogP contribution in [0.4, 0.5) is 0 Å². The van der Waals surface area contributed by atoms with Crippen molar-refractivity contribution in [1.29, 1.82) is 0 Å². The zero-order chi connectivity index (χ0) is 10.4. The molecule has 0 aliphatic carbocycles. The minimum absolute atomic E-state index is 0.843. The molecule has 0 aliphatic heterocycles. The third-order valence-electron chi connectivity index (χ3n) is 2.34. The Morgan fingerprint density at radius 3 is 2.71 bits per heavy atom. The van der Waals surface area contributed by atoms with Gasteiger partial charge >= 0.3 is 0 Å². The Morgan fingerprint density at radius 1 is 1.29 bits per heavy atom. The van der Waals surface area contributed by atoms with Gasteiger partial charge in [0.05, 0.1) is 0 Å². The number of rotatable bonds is 5. The first-order valence-corrected chi connectivity index (χ1v) is 5.57.